The van der Waals surface area contributed by atoms with Crippen LogP contribution in [0.5, 0.6) is 0 Å². The molecule has 0 bridgehead atoms. The molecule has 2 aromatic carbocycles. The number of hydrogen-bond acceptors (Lipinski definition) is 2. The molecule has 0 saturated carbocycles. The molecular weight excluding hydrogens is 583 g/mol. The minimum atomic E-state index is -2.91. The van der Waals surface area contributed by atoms with Gasteiger partial charge in [-0.1, -0.05) is 127 Å². The fourth-order valence-corrected chi connectivity index (χ4v) is 10.2. The molecule has 2 aliphatic rings. The van der Waals surface area contributed by atoms with Crippen LogP contribution in [0.25, 0.3) is 31.3 Å². The summed E-state index contributed by atoms with van der Waals surface area (Å²) in [6.07, 6.45) is 17.8. The van der Waals surface area contributed by atoms with Gasteiger partial charge in [-0.2, -0.15) is 8.78 Å². The zero-order valence-corrected chi connectivity index (χ0v) is 28.7. The van der Waals surface area contributed by atoms with E-state index in [0.717, 1.165) is 37.9 Å². The molecule has 0 aliphatic heterocycles. The van der Waals surface area contributed by atoms with Crippen LogP contribution in [0.15, 0.2) is 48.5 Å². The normalized spacial score (nSPS) is 15.3. The zero-order chi connectivity index (χ0) is 30.9. The lowest BCUT2D eigenvalue weighted by Crippen LogP contribution is -2.25. The summed E-state index contributed by atoms with van der Waals surface area (Å²) in [5, 5.41) is 0. The molecule has 0 spiro atoms. The second-order valence-electron chi connectivity index (χ2n) is 13.5. The zero-order valence-electron chi connectivity index (χ0n) is 27.1. The first-order valence-corrected chi connectivity index (χ1v) is 18.8. The molecule has 0 nitrogen and oxygen atoms in total. The fourth-order valence-electron chi connectivity index (χ4n) is 7.84. The Labute approximate surface area is 272 Å². The number of hydrogen-bond donors (Lipinski definition) is 0. The third kappa shape index (κ3) is 5.75. The predicted molar refractivity (Wildman–Crippen MR) is 188 cm³/mol. The van der Waals surface area contributed by atoms with Gasteiger partial charge in [-0.05, 0) is 72.7 Å². The van der Waals surface area contributed by atoms with Crippen molar-refractivity contribution in [3.63, 3.8) is 0 Å². The quantitative estimate of drug-likeness (QED) is 0.115. The summed E-state index contributed by atoms with van der Waals surface area (Å²) in [6, 6.07) is 17.4. The molecule has 0 saturated heterocycles. The van der Waals surface area contributed by atoms with Gasteiger partial charge in [0.15, 0.2) is 0 Å². The van der Waals surface area contributed by atoms with E-state index in [9.17, 15) is 0 Å². The summed E-state index contributed by atoms with van der Waals surface area (Å²) in [5.74, 6) is -2.91. The van der Waals surface area contributed by atoms with E-state index in [4.69, 9.17) is 0 Å². The first-order chi connectivity index (χ1) is 21.3. The predicted octanol–water partition coefficient (Wildman–Crippen LogP) is 14.0. The van der Waals surface area contributed by atoms with E-state index in [1.807, 2.05) is 6.92 Å². The van der Waals surface area contributed by atoms with E-state index in [0.29, 0.717) is 0 Å². The Morgan fingerprint density at radius 3 is 1.77 bits per heavy atom. The first kappa shape index (κ1) is 31.7. The Bertz CT molecular complexity index is 1590. The van der Waals surface area contributed by atoms with Crippen LogP contribution >= 0.6 is 22.7 Å². The smallest absolute Gasteiger partial charge is 0.196 e. The highest BCUT2D eigenvalue weighted by Gasteiger charge is 2.48. The van der Waals surface area contributed by atoms with Crippen molar-refractivity contribution in [1.29, 1.82) is 0 Å². The lowest BCUT2D eigenvalue weighted by atomic mass is 9.70. The van der Waals surface area contributed by atoms with Crippen molar-refractivity contribution in [2.24, 2.45) is 0 Å². The molecule has 0 atom stereocenters. The lowest BCUT2D eigenvalue weighted by Gasteiger charge is -2.33. The minimum Gasteiger partial charge on any atom is -0.196 e. The maximum absolute atomic E-state index is 15.5. The second-order valence-corrected chi connectivity index (χ2v) is 15.8. The largest absolute Gasteiger partial charge is 0.301 e. The summed E-state index contributed by atoms with van der Waals surface area (Å²) in [5.41, 5.74) is 8.48. The Balaban J connectivity index is 1.38. The lowest BCUT2D eigenvalue weighted by molar-refractivity contribution is 0.0485. The molecule has 0 N–H and O–H groups in total. The topological polar surface area (TPSA) is 0 Å². The molecule has 0 fully saturated rings. The molecule has 0 amide bonds. The number of aryl methyl sites for hydroxylation is 2. The summed E-state index contributed by atoms with van der Waals surface area (Å²) in [6.45, 7) is 8.72. The van der Waals surface area contributed by atoms with Crippen molar-refractivity contribution in [2.45, 2.75) is 129 Å². The Morgan fingerprint density at radius 1 is 0.568 bits per heavy atom. The van der Waals surface area contributed by atoms with Gasteiger partial charge >= 0.3 is 5.92 Å². The van der Waals surface area contributed by atoms with Crippen LogP contribution in [0.2, 0.25) is 0 Å². The highest BCUT2D eigenvalue weighted by molar-refractivity contribution is 7.24. The summed E-state index contributed by atoms with van der Waals surface area (Å²) in [7, 11) is 0. The van der Waals surface area contributed by atoms with Gasteiger partial charge in [0, 0.05) is 26.3 Å². The molecule has 234 valence electrons. The highest BCUT2D eigenvalue weighted by atomic mass is 32.1. The maximum Gasteiger partial charge on any atom is 0.301 e. The van der Waals surface area contributed by atoms with Gasteiger partial charge in [-0.25, -0.2) is 0 Å². The number of thiophene rings is 2. The van der Waals surface area contributed by atoms with Gasteiger partial charge in [0.25, 0.3) is 0 Å². The fraction of sp³-hybridized carbons (Fsp3) is 0.500. The standard InChI is InChI=1S/C40H48F2S2/c1-5-7-9-11-13-15-21-39(22-16-14-12-10-8-6-2)32-23-27(3)17-19-30(32)31-20-18-29(25-33(31)39)36-26-35-38(44-36)37-34(40(35,41)42)24-28(4)43-37/h17-20,23-26H,5-16,21-22H2,1-4H3. The van der Waals surface area contributed by atoms with E-state index >= 15 is 8.78 Å². The molecule has 0 radical (unpaired) electrons. The molecular formula is C40H48F2S2. The van der Waals surface area contributed by atoms with Gasteiger partial charge in [0.2, 0.25) is 0 Å². The number of halogens is 2. The van der Waals surface area contributed by atoms with Gasteiger partial charge in [0.05, 0.1) is 9.75 Å². The molecule has 0 unspecified atom stereocenters. The number of unbranched alkanes of at least 4 members (excludes halogenated alkanes) is 10. The molecule has 4 aromatic rings. The molecule has 2 aliphatic carbocycles. The SMILES string of the molecule is CCCCCCCCC1(CCCCCCCC)c2cc(C)ccc2-c2ccc(-c3cc4c(s3)-c3sc(C)cc3C4(F)F)cc21. The van der Waals surface area contributed by atoms with Crippen LogP contribution < -0.4 is 0 Å². The summed E-state index contributed by atoms with van der Waals surface area (Å²) in [4.78, 5) is 3.45. The van der Waals surface area contributed by atoms with Crippen molar-refractivity contribution < 1.29 is 8.78 Å². The van der Waals surface area contributed by atoms with E-state index in [1.54, 1.807) is 23.5 Å². The van der Waals surface area contributed by atoms with Crippen molar-refractivity contribution >= 4 is 22.7 Å². The third-order valence-corrected chi connectivity index (χ3v) is 12.6. The van der Waals surface area contributed by atoms with Crippen molar-refractivity contribution in [3.05, 3.63) is 81.2 Å². The Kier molecular flexibility index (Phi) is 9.50. The summed E-state index contributed by atoms with van der Waals surface area (Å²) >= 11 is 3.06. The average Bonchev–Trinajstić information content (AvgIpc) is 3.73. The molecule has 44 heavy (non-hydrogen) atoms. The van der Waals surface area contributed by atoms with Gasteiger partial charge < -0.3 is 0 Å². The molecule has 2 aromatic heterocycles. The number of rotatable bonds is 15. The number of alkyl halides is 2. The number of fused-ring (bicyclic) bond motifs is 6. The molecule has 4 heteroatoms. The van der Waals surface area contributed by atoms with E-state index in [-0.39, 0.29) is 16.5 Å². The van der Waals surface area contributed by atoms with E-state index in [1.165, 1.54) is 116 Å². The van der Waals surface area contributed by atoms with Gasteiger partial charge in [-0.3, -0.25) is 0 Å². The maximum atomic E-state index is 15.5. The van der Waals surface area contributed by atoms with Crippen LogP contribution in [-0.4, -0.2) is 0 Å². The molecule has 6 rings (SSSR count). The van der Waals surface area contributed by atoms with E-state index in [2.05, 4.69) is 57.2 Å². The monoisotopic (exact) mass is 630 g/mol. The summed E-state index contributed by atoms with van der Waals surface area (Å²) < 4.78 is 31.1. The molecule has 2 heterocycles. The highest BCUT2D eigenvalue weighted by Crippen LogP contribution is 2.59. The van der Waals surface area contributed by atoms with Crippen LogP contribution in [0.1, 0.15) is 136 Å². The van der Waals surface area contributed by atoms with Gasteiger partial charge in [0.1, 0.15) is 0 Å². The van der Waals surface area contributed by atoms with Gasteiger partial charge in [-0.15, -0.1) is 22.7 Å². The van der Waals surface area contributed by atoms with Crippen molar-refractivity contribution in [1.82, 2.24) is 0 Å². The second kappa shape index (κ2) is 13.2. The Morgan fingerprint density at radius 2 is 1.11 bits per heavy atom. The minimum absolute atomic E-state index is 0.00975. The van der Waals surface area contributed by atoms with Crippen molar-refractivity contribution in [3.8, 4) is 31.3 Å². The first-order valence-electron chi connectivity index (χ1n) is 17.2. The Hall–Kier alpha value is -2.30. The number of benzene rings is 2. The van der Waals surface area contributed by atoms with Crippen LogP contribution in [0, 0.1) is 13.8 Å². The van der Waals surface area contributed by atoms with Crippen LogP contribution in [0.4, 0.5) is 8.78 Å². The van der Waals surface area contributed by atoms with Crippen LogP contribution in [-0.2, 0) is 11.3 Å². The van der Waals surface area contributed by atoms with Crippen molar-refractivity contribution in [2.75, 3.05) is 0 Å². The van der Waals surface area contributed by atoms with E-state index < -0.39 is 5.92 Å². The third-order valence-electron chi connectivity index (χ3n) is 10.2. The average molecular weight is 631 g/mol. The van der Waals surface area contributed by atoms with Crippen LogP contribution in [0.3, 0.4) is 0 Å².